The summed E-state index contributed by atoms with van der Waals surface area (Å²) in [6, 6.07) is 7.19. The first-order valence-electron chi connectivity index (χ1n) is 6.79. The van der Waals surface area contributed by atoms with Crippen molar-refractivity contribution in [3.8, 4) is 5.75 Å². The van der Waals surface area contributed by atoms with Crippen molar-refractivity contribution in [3.63, 3.8) is 0 Å². The number of benzene rings is 1. The van der Waals surface area contributed by atoms with Gasteiger partial charge in [-0.3, -0.25) is 4.79 Å². The lowest BCUT2D eigenvalue weighted by atomic mass is 10.0. The Morgan fingerprint density at radius 3 is 3.11 bits per heavy atom. The molecule has 1 aromatic rings. The largest absolute Gasteiger partial charge is 0.484 e. The van der Waals surface area contributed by atoms with E-state index in [4.69, 9.17) is 9.84 Å². The van der Waals surface area contributed by atoms with Crippen LogP contribution in [0.1, 0.15) is 25.3 Å². The van der Waals surface area contributed by atoms with Crippen LogP contribution in [0.25, 0.3) is 0 Å². The Morgan fingerprint density at radius 1 is 1.53 bits per heavy atom. The van der Waals surface area contributed by atoms with E-state index < -0.39 is 0 Å². The van der Waals surface area contributed by atoms with Gasteiger partial charge in [-0.15, -0.1) is 0 Å². The number of rotatable bonds is 4. The topological polar surface area (TPSA) is 49.8 Å². The Kier molecular flexibility index (Phi) is 4.80. The van der Waals surface area contributed by atoms with E-state index in [-0.39, 0.29) is 19.1 Å². The molecule has 0 radical (unpaired) electrons. The zero-order chi connectivity index (χ0) is 13.7. The van der Waals surface area contributed by atoms with Gasteiger partial charge in [-0.2, -0.15) is 0 Å². The molecular formula is C15H21NO3. The highest BCUT2D eigenvalue weighted by molar-refractivity contribution is 5.77. The van der Waals surface area contributed by atoms with Crippen molar-refractivity contribution < 1.29 is 14.6 Å². The summed E-state index contributed by atoms with van der Waals surface area (Å²) in [5.74, 6) is 1.25. The minimum atomic E-state index is -0.0191. The van der Waals surface area contributed by atoms with E-state index in [1.165, 1.54) is 6.42 Å². The maximum Gasteiger partial charge on any atom is 0.260 e. The quantitative estimate of drug-likeness (QED) is 0.901. The maximum absolute atomic E-state index is 12.0. The van der Waals surface area contributed by atoms with Crippen LogP contribution in [0.15, 0.2) is 24.3 Å². The van der Waals surface area contributed by atoms with E-state index in [2.05, 4.69) is 6.92 Å². The molecule has 1 aliphatic heterocycles. The number of piperidine rings is 1. The second-order valence-corrected chi connectivity index (χ2v) is 5.18. The average molecular weight is 263 g/mol. The number of likely N-dealkylation sites (tertiary alicyclic amines) is 1. The monoisotopic (exact) mass is 263 g/mol. The summed E-state index contributed by atoms with van der Waals surface area (Å²) in [7, 11) is 0. The van der Waals surface area contributed by atoms with Crippen molar-refractivity contribution in [3.05, 3.63) is 29.8 Å². The van der Waals surface area contributed by atoms with E-state index in [9.17, 15) is 4.79 Å². The lowest BCUT2D eigenvalue weighted by Crippen LogP contribution is -2.41. The molecule has 1 heterocycles. The molecule has 1 atom stereocenters. The van der Waals surface area contributed by atoms with Gasteiger partial charge < -0.3 is 14.7 Å². The number of amides is 1. The standard InChI is InChI=1S/C15H21NO3/c1-12-4-3-7-16(9-12)15(18)11-19-14-6-2-5-13(8-14)10-17/h2,5-6,8,12,17H,3-4,7,9-11H2,1H3. The third-order valence-corrected chi connectivity index (χ3v) is 3.45. The molecule has 1 aliphatic rings. The number of hydrogen-bond donors (Lipinski definition) is 1. The summed E-state index contributed by atoms with van der Waals surface area (Å²) in [5.41, 5.74) is 0.788. The van der Waals surface area contributed by atoms with Crippen LogP contribution < -0.4 is 4.74 Å². The fourth-order valence-corrected chi connectivity index (χ4v) is 2.39. The Morgan fingerprint density at radius 2 is 2.37 bits per heavy atom. The molecule has 1 unspecified atom stereocenters. The number of carbonyl (C=O) groups is 1. The Hall–Kier alpha value is -1.55. The van der Waals surface area contributed by atoms with Crippen LogP contribution in [0, 0.1) is 5.92 Å². The van der Waals surface area contributed by atoms with Gasteiger partial charge in [0.1, 0.15) is 5.75 Å². The van der Waals surface area contributed by atoms with Crippen LogP contribution in [0.4, 0.5) is 0 Å². The van der Waals surface area contributed by atoms with Gasteiger partial charge in [-0.25, -0.2) is 0 Å². The zero-order valence-electron chi connectivity index (χ0n) is 11.3. The molecule has 0 saturated carbocycles. The molecule has 1 fully saturated rings. The molecule has 1 amide bonds. The van der Waals surface area contributed by atoms with Crippen LogP contribution in [-0.4, -0.2) is 35.6 Å². The first-order chi connectivity index (χ1) is 9.19. The molecule has 4 heteroatoms. The second kappa shape index (κ2) is 6.57. The number of aliphatic hydroxyl groups excluding tert-OH is 1. The van der Waals surface area contributed by atoms with E-state index in [0.29, 0.717) is 11.7 Å². The summed E-state index contributed by atoms with van der Waals surface area (Å²) in [6.45, 7) is 3.89. The molecule has 19 heavy (non-hydrogen) atoms. The Balaban J connectivity index is 1.85. The molecule has 2 rings (SSSR count). The molecule has 0 aromatic heterocycles. The fraction of sp³-hybridized carbons (Fsp3) is 0.533. The van der Waals surface area contributed by atoms with Gasteiger partial charge in [0.15, 0.2) is 6.61 Å². The summed E-state index contributed by atoms with van der Waals surface area (Å²) < 4.78 is 5.50. The molecule has 0 aliphatic carbocycles. The SMILES string of the molecule is CC1CCCN(C(=O)COc2cccc(CO)c2)C1. The summed E-state index contributed by atoms with van der Waals surface area (Å²) in [6.07, 6.45) is 2.27. The number of aliphatic hydroxyl groups is 1. The van der Waals surface area contributed by atoms with Gasteiger partial charge in [0.2, 0.25) is 0 Å². The molecule has 0 spiro atoms. The van der Waals surface area contributed by atoms with Gasteiger partial charge in [0, 0.05) is 13.1 Å². The van der Waals surface area contributed by atoms with Crippen molar-refractivity contribution in [1.29, 1.82) is 0 Å². The number of nitrogens with zero attached hydrogens (tertiary/aromatic N) is 1. The number of carbonyl (C=O) groups excluding carboxylic acids is 1. The summed E-state index contributed by atoms with van der Waals surface area (Å²) in [4.78, 5) is 13.9. The molecule has 4 nitrogen and oxygen atoms in total. The maximum atomic E-state index is 12.0. The molecular weight excluding hydrogens is 242 g/mol. The smallest absolute Gasteiger partial charge is 0.260 e. The Labute approximate surface area is 114 Å². The minimum absolute atomic E-state index is 0.0191. The van der Waals surface area contributed by atoms with Crippen LogP contribution in [0.3, 0.4) is 0 Å². The van der Waals surface area contributed by atoms with Gasteiger partial charge in [0.25, 0.3) is 5.91 Å². The second-order valence-electron chi connectivity index (χ2n) is 5.18. The van der Waals surface area contributed by atoms with Crippen LogP contribution in [0.5, 0.6) is 5.75 Å². The summed E-state index contributed by atoms with van der Waals surface area (Å²) in [5, 5.41) is 9.04. The van der Waals surface area contributed by atoms with Crippen LogP contribution >= 0.6 is 0 Å². The summed E-state index contributed by atoms with van der Waals surface area (Å²) >= 11 is 0. The van der Waals surface area contributed by atoms with Gasteiger partial charge in [-0.1, -0.05) is 19.1 Å². The van der Waals surface area contributed by atoms with Gasteiger partial charge in [-0.05, 0) is 36.5 Å². The van der Waals surface area contributed by atoms with Gasteiger partial charge in [0.05, 0.1) is 6.61 Å². The highest BCUT2D eigenvalue weighted by Crippen LogP contribution is 2.17. The number of hydrogen-bond acceptors (Lipinski definition) is 3. The average Bonchev–Trinajstić information content (AvgIpc) is 2.45. The predicted molar refractivity (Wildman–Crippen MR) is 72.8 cm³/mol. The van der Waals surface area contributed by atoms with E-state index in [0.717, 1.165) is 25.1 Å². The molecule has 1 saturated heterocycles. The van der Waals surface area contributed by atoms with E-state index in [1.807, 2.05) is 17.0 Å². The van der Waals surface area contributed by atoms with Crippen LogP contribution in [0.2, 0.25) is 0 Å². The molecule has 1 N–H and O–H groups in total. The van der Waals surface area contributed by atoms with Crippen molar-refractivity contribution in [2.24, 2.45) is 5.92 Å². The molecule has 104 valence electrons. The van der Waals surface area contributed by atoms with Crippen LogP contribution in [-0.2, 0) is 11.4 Å². The fourth-order valence-electron chi connectivity index (χ4n) is 2.39. The van der Waals surface area contributed by atoms with Crippen molar-refractivity contribution in [2.45, 2.75) is 26.4 Å². The third kappa shape index (κ3) is 3.96. The third-order valence-electron chi connectivity index (χ3n) is 3.45. The highest BCUT2D eigenvalue weighted by atomic mass is 16.5. The molecule has 0 bridgehead atoms. The zero-order valence-corrected chi connectivity index (χ0v) is 11.3. The van der Waals surface area contributed by atoms with Crippen molar-refractivity contribution in [1.82, 2.24) is 4.90 Å². The first kappa shape index (κ1) is 13.9. The van der Waals surface area contributed by atoms with E-state index in [1.54, 1.807) is 12.1 Å². The first-order valence-corrected chi connectivity index (χ1v) is 6.79. The predicted octanol–water partition coefficient (Wildman–Crippen LogP) is 1.82. The number of ether oxygens (including phenoxy) is 1. The lowest BCUT2D eigenvalue weighted by molar-refractivity contribution is -0.135. The lowest BCUT2D eigenvalue weighted by Gasteiger charge is -2.30. The van der Waals surface area contributed by atoms with Gasteiger partial charge >= 0.3 is 0 Å². The van der Waals surface area contributed by atoms with Crippen molar-refractivity contribution >= 4 is 5.91 Å². The Bertz CT molecular complexity index is 433. The highest BCUT2D eigenvalue weighted by Gasteiger charge is 2.21. The minimum Gasteiger partial charge on any atom is -0.484 e. The molecule has 1 aromatic carbocycles. The normalized spacial score (nSPS) is 19.3. The van der Waals surface area contributed by atoms with E-state index >= 15 is 0 Å². The van der Waals surface area contributed by atoms with Crippen molar-refractivity contribution in [2.75, 3.05) is 19.7 Å².